The van der Waals surface area contributed by atoms with Gasteiger partial charge in [-0.25, -0.2) is 0 Å². The molecule has 0 bridgehead atoms. The molecule has 0 aliphatic carbocycles. The van der Waals surface area contributed by atoms with Crippen molar-refractivity contribution in [2.24, 2.45) is 0 Å². The van der Waals surface area contributed by atoms with E-state index in [-0.39, 0.29) is 16.6 Å². The van der Waals surface area contributed by atoms with Crippen LogP contribution in [0.3, 0.4) is 0 Å². The summed E-state index contributed by atoms with van der Waals surface area (Å²) in [5, 5.41) is 16.8. The third-order valence-electron chi connectivity index (χ3n) is 4.97. The van der Waals surface area contributed by atoms with Gasteiger partial charge in [-0.3, -0.25) is 14.9 Å². The molecule has 0 spiro atoms. The van der Waals surface area contributed by atoms with Gasteiger partial charge >= 0.3 is 0 Å². The molecule has 1 amide bonds. The number of nitro benzene ring substituents is 1. The lowest BCUT2D eigenvalue weighted by atomic mass is 10.1. The summed E-state index contributed by atoms with van der Waals surface area (Å²) in [5.74, 6) is 2.15. The molecular weight excluding hydrogens is 424 g/mol. The summed E-state index contributed by atoms with van der Waals surface area (Å²) in [6, 6.07) is 11.6. The number of anilines is 2. The Morgan fingerprint density at radius 3 is 2.57 bits per heavy atom. The predicted octanol–water partition coefficient (Wildman–Crippen LogP) is 4.28. The highest BCUT2D eigenvalue weighted by molar-refractivity contribution is 7.99. The van der Waals surface area contributed by atoms with Crippen LogP contribution in [0.5, 0.6) is 0 Å². The molecule has 9 heteroatoms. The highest BCUT2D eigenvalue weighted by Crippen LogP contribution is 2.27. The van der Waals surface area contributed by atoms with E-state index in [1.807, 2.05) is 23.9 Å². The number of amides is 1. The molecule has 1 heterocycles. The van der Waals surface area contributed by atoms with E-state index in [0.29, 0.717) is 5.69 Å². The van der Waals surface area contributed by atoms with Crippen LogP contribution in [0, 0.1) is 10.1 Å². The van der Waals surface area contributed by atoms with Crippen LogP contribution in [-0.4, -0.2) is 52.9 Å². The maximum atomic E-state index is 12.5. The van der Waals surface area contributed by atoms with Gasteiger partial charge in [0.05, 0.1) is 15.6 Å². The number of nitrogens with one attached hydrogen (secondary N) is 2. The fourth-order valence-corrected chi connectivity index (χ4v) is 4.36. The summed E-state index contributed by atoms with van der Waals surface area (Å²) in [5.41, 5.74) is 2.34. The molecule has 0 aromatic heterocycles. The summed E-state index contributed by atoms with van der Waals surface area (Å²) in [6.07, 6.45) is 1.01. The molecule has 1 aliphatic heterocycles. The van der Waals surface area contributed by atoms with E-state index in [9.17, 15) is 14.9 Å². The Morgan fingerprint density at radius 1 is 1.23 bits per heavy atom. The molecule has 1 unspecified atom stereocenters. The maximum Gasteiger partial charge on any atom is 0.271 e. The van der Waals surface area contributed by atoms with Crippen molar-refractivity contribution >= 4 is 46.3 Å². The quantitative estimate of drug-likeness (QED) is 0.463. The van der Waals surface area contributed by atoms with Crippen molar-refractivity contribution < 1.29 is 9.72 Å². The Balaban J connectivity index is 1.50. The number of hydrogen-bond acceptors (Lipinski definition) is 6. The zero-order valence-corrected chi connectivity index (χ0v) is 18.3. The van der Waals surface area contributed by atoms with Gasteiger partial charge in [-0.2, -0.15) is 11.8 Å². The van der Waals surface area contributed by atoms with Crippen LogP contribution in [0.25, 0.3) is 0 Å². The first-order chi connectivity index (χ1) is 14.4. The van der Waals surface area contributed by atoms with Crippen LogP contribution in [-0.2, 0) is 11.2 Å². The molecule has 0 radical (unpaired) electrons. The van der Waals surface area contributed by atoms with Gasteiger partial charge in [0, 0.05) is 49.0 Å². The average molecular weight is 449 g/mol. The van der Waals surface area contributed by atoms with Crippen molar-refractivity contribution in [2.45, 2.75) is 19.4 Å². The molecule has 2 aromatic carbocycles. The van der Waals surface area contributed by atoms with Gasteiger partial charge < -0.3 is 15.5 Å². The Morgan fingerprint density at radius 2 is 1.93 bits per heavy atom. The second-order valence-corrected chi connectivity index (χ2v) is 8.81. The zero-order valence-electron chi connectivity index (χ0n) is 16.8. The maximum absolute atomic E-state index is 12.5. The largest absolute Gasteiger partial charge is 0.374 e. The first-order valence-electron chi connectivity index (χ1n) is 9.83. The lowest BCUT2D eigenvalue weighted by Crippen LogP contribution is -2.34. The van der Waals surface area contributed by atoms with Crippen LogP contribution in [0.15, 0.2) is 42.5 Å². The number of hydrogen-bond donors (Lipinski definition) is 2. The molecule has 30 heavy (non-hydrogen) atoms. The normalized spacial score (nSPS) is 15.4. The van der Waals surface area contributed by atoms with E-state index < -0.39 is 11.0 Å². The summed E-state index contributed by atoms with van der Waals surface area (Å²) >= 11 is 8.06. The number of benzene rings is 2. The molecule has 1 fully saturated rings. The molecule has 160 valence electrons. The first kappa shape index (κ1) is 22.4. The Hall–Kier alpha value is -2.29. The zero-order chi connectivity index (χ0) is 21.5. The minimum Gasteiger partial charge on any atom is -0.374 e. The van der Waals surface area contributed by atoms with Crippen molar-refractivity contribution in [3.8, 4) is 0 Å². The molecule has 2 N–H and O–H groups in total. The van der Waals surface area contributed by atoms with Gasteiger partial charge in [0.25, 0.3) is 5.69 Å². The van der Waals surface area contributed by atoms with Crippen molar-refractivity contribution in [3.05, 3.63) is 63.2 Å². The molecule has 1 aliphatic rings. The fourth-order valence-electron chi connectivity index (χ4n) is 3.16. The Bertz CT molecular complexity index is 888. The number of thioether (sulfide) groups is 1. The standard InChI is InChI=1S/C21H25ClN4O3S/c1-15(21(27)24-20-7-6-18(26(28)29)14-19(20)22)23-17-4-2-16(3-5-17)8-9-25-10-12-30-13-11-25/h2-7,14-15,23H,8-13H2,1H3,(H,24,27). The van der Waals surface area contributed by atoms with Crippen molar-refractivity contribution in [2.75, 3.05) is 41.8 Å². The number of carbonyl (C=O) groups excluding carboxylic acids is 1. The predicted molar refractivity (Wildman–Crippen MR) is 124 cm³/mol. The van der Waals surface area contributed by atoms with E-state index in [0.717, 1.165) is 31.7 Å². The number of non-ortho nitro benzene ring substituents is 1. The fraction of sp³-hybridized carbons (Fsp3) is 0.381. The van der Waals surface area contributed by atoms with E-state index in [1.165, 1.54) is 35.3 Å². The third kappa shape index (κ3) is 6.35. The molecule has 1 saturated heterocycles. The van der Waals surface area contributed by atoms with Crippen LogP contribution in [0.1, 0.15) is 12.5 Å². The Kier molecular flexibility index (Phi) is 7.95. The van der Waals surface area contributed by atoms with Gasteiger partial charge in [0.1, 0.15) is 6.04 Å². The third-order valence-corrected chi connectivity index (χ3v) is 6.23. The summed E-state index contributed by atoms with van der Waals surface area (Å²) < 4.78 is 0. The minimum absolute atomic E-state index is 0.122. The molecule has 3 rings (SSSR count). The summed E-state index contributed by atoms with van der Waals surface area (Å²) in [6.45, 7) is 5.14. The van der Waals surface area contributed by atoms with Gasteiger partial charge in [0.2, 0.25) is 5.91 Å². The van der Waals surface area contributed by atoms with E-state index in [4.69, 9.17) is 11.6 Å². The summed E-state index contributed by atoms with van der Waals surface area (Å²) in [4.78, 5) is 25.2. The van der Waals surface area contributed by atoms with E-state index in [2.05, 4.69) is 27.7 Å². The minimum atomic E-state index is -0.531. The molecule has 7 nitrogen and oxygen atoms in total. The number of halogens is 1. The lowest BCUT2D eigenvalue weighted by molar-refractivity contribution is -0.384. The van der Waals surface area contributed by atoms with E-state index >= 15 is 0 Å². The molecule has 2 aromatic rings. The van der Waals surface area contributed by atoms with Crippen LogP contribution >= 0.6 is 23.4 Å². The first-order valence-corrected chi connectivity index (χ1v) is 11.4. The van der Waals surface area contributed by atoms with Crippen LogP contribution in [0.2, 0.25) is 5.02 Å². The second kappa shape index (κ2) is 10.7. The second-order valence-electron chi connectivity index (χ2n) is 7.18. The van der Waals surface area contributed by atoms with Gasteiger partial charge in [-0.1, -0.05) is 23.7 Å². The van der Waals surface area contributed by atoms with Crippen molar-refractivity contribution in [3.63, 3.8) is 0 Å². The monoisotopic (exact) mass is 448 g/mol. The van der Waals surface area contributed by atoms with Crippen molar-refractivity contribution in [1.29, 1.82) is 0 Å². The SMILES string of the molecule is CC(Nc1ccc(CCN2CCSCC2)cc1)C(=O)Nc1ccc([N+](=O)[O-])cc1Cl. The van der Waals surface area contributed by atoms with Crippen LogP contribution in [0.4, 0.5) is 17.1 Å². The van der Waals surface area contributed by atoms with Crippen molar-refractivity contribution in [1.82, 2.24) is 4.90 Å². The number of nitro groups is 1. The van der Waals surface area contributed by atoms with Gasteiger partial charge in [-0.15, -0.1) is 0 Å². The highest BCUT2D eigenvalue weighted by Gasteiger charge is 2.16. The smallest absolute Gasteiger partial charge is 0.271 e. The van der Waals surface area contributed by atoms with Crippen LogP contribution < -0.4 is 10.6 Å². The van der Waals surface area contributed by atoms with E-state index in [1.54, 1.807) is 6.92 Å². The van der Waals surface area contributed by atoms with Gasteiger partial charge in [-0.05, 0) is 37.1 Å². The summed E-state index contributed by atoms with van der Waals surface area (Å²) in [7, 11) is 0. The number of nitrogens with zero attached hydrogens (tertiary/aromatic N) is 2. The molecule has 1 atom stereocenters. The Labute approximate surface area is 185 Å². The number of carbonyl (C=O) groups is 1. The van der Waals surface area contributed by atoms with Gasteiger partial charge in [0.15, 0.2) is 0 Å². The highest BCUT2D eigenvalue weighted by atomic mass is 35.5. The average Bonchev–Trinajstić information content (AvgIpc) is 2.75. The molecule has 0 saturated carbocycles. The topological polar surface area (TPSA) is 87.5 Å². The lowest BCUT2D eigenvalue weighted by Gasteiger charge is -2.26. The number of rotatable bonds is 8. The molecular formula is C21H25ClN4O3S.